The Morgan fingerprint density at radius 3 is 2.07 bits per heavy atom. The Kier molecular flexibility index (Phi) is 3.16. The molecule has 1 heteroatoms. The molecule has 1 N–H and O–H groups in total. The van der Waals surface area contributed by atoms with Crippen LogP contribution >= 0.6 is 0 Å². The van der Waals surface area contributed by atoms with Gasteiger partial charge in [-0.3, -0.25) is 0 Å². The lowest BCUT2D eigenvalue weighted by Gasteiger charge is -2.42. The van der Waals surface area contributed by atoms with Crippen LogP contribution in [0.25, 0.3) is 0 Å². The molecule has 0 radical (unpaired) electrons. The number of rotatable bonds is 1. The normalized spacial score (nSPS) is 38.1. The molecule has 0 atom stereocenters. The third kappa shape index (κ3) is 2.13. The van der Waals surface area contributed by atoms with Crippen molar-refractivity contribution in [3.8, 4) is 0 Å². The fourth-order valence-electron chi connectivity index (χ4n) is 3.37. The molecule has 0 saturated heterocycles. The molecule has 0 bridgehead atoms. The van der Waals surface area contributed by atoms with Gasteiger partial charge in [0.1, 0.15) is 0 Å². The lowest BCUT2D eigenvalue weighted by molar-refractivity contribution is -0.0646. The molecular weight excluding hydrogens is 172 g/mol. The van der Waals surface area contributed by atoms with Crippen molar-refractivity contribution in [2.75, 3.05) is 0 Å². The van der Waals surface area contributed by atoms with Gasteiger partial charge in [0.25, 0.3) is 0 Å². The lowest BCUT2D eigenvalue weighted by Crippen LogP contribution is -2.41. The van der Waals surface area contributed by atoms with Crippen molar-refractivity contribution >= 4 is 0 Å². The van der Waals surface area contributed by atoms with Crippen LogP contribution in [0.3, 0.4) is 0 Å². The summed E-state index contributed by atoms with van der Waals surface area (Å²) in [6.07, 6.45) is 11.2. The predicted molar refractivity (Wildman–Crippen MR) is 59.2 cm³/mol. The highest BCUT2D eigenvalue weighted by Crippen LogP contribution is 2.42. The first kappa shape index (κ1) is 10.5. The second-order valence-corrected chi connectivity index (χ2v) is 5.62. The third-order valence-corrected chi connectivity index (χ3v) is 4.50. The zero-order chi connectivity index (χ0) is 10.0. The summed E-state index contributed by atoms with van der Waals surface area (Å²) in [5.74, 6) is 1.53. The van der Waals surface area contributed by atoms with Crippen LogP contribution in [0.15, 0.2) is 0 Å². The predicted octanol–water partition coefficient (Wildman–Crippen LogP) is 3.51. The second kappa shape index (κ2) is 4.22. The van der Waals surface area contributed by atoms with Crippen LogP contribution in [0, 0.1) is 11.8 Å². The monoisotopic (exact) mass is 196 g/mol. The topological polar surface area (TPSA) is 20.2 Å². The van der Waals surface area contributed by atoms with Crippen LogP contribution in [-0.4, -0.2) is 10.7 Å². The van der Waals surface area contributed by atoms with Gasteiger partial charge < -0.3 is 5.11 Å². The molecule has 0 spiro atoms. The Morgan fingerprint density at radius 1 is 0.929 bits per heavy atom. The van der Waals surface area contributed by atoms with Crippen LogP contribution in [0.1, 0.15) is 64.7 Å². The van der Waals surface area contributed by atoms with Gasteiger partial charge in [0.05, 0.1) is 5.60 Å². The van der Waals surface area contributed by atoms with Crippen molar-refractivity contribution in [2.24, 2.45) is 11.8 Å². The van der Waals surface area contributed by atoms with E-state index >= 15 is 0 Å². The highest BCUT2D eigenvalue weighted by atomic mass is 16.3. The summed E-state index contributed by atoms with van der Waals surface area (Å²) >= 11 is 0. The lowest BCUT2D eigenvalue weighted by atomic mass is 9.68. The fraction of sp³-hybridized carbons (Fsp3) is 1.00. The maximum Gasteiger partial charge on any atom is 0.0675 e. The quantitative estimate of drug-likeness (QED) is 0.680. The van der Waals surface area contributed by atoms with Gasteiger partial charge in [-0.05, 0) is 37.5 Å². The van der Waals surface area contributed by atoms with E-state index in [0.717, 1.165) is 18.8 Å². The number of aliphatic hydroxyl groups is 1. The summed E-state index contributed by atoms with van der Waals surface area (Å²) in [4.78, 5) is 0. The molecule has 0 aromatic carbocycles. The molecule has 0 amide bonds. The summed E-state index contributed by atoms with van der Waals surface area (Å²) in [6, 6.07) is 0. The Labute approximate surface area is 87.9 Å². The van der Waals surface area contributed by atoms with Gasteiger partial charge in [-0.25, -0.2) is 0 Å². The number of hydrogen-bond acceptors (Lipinski definition) is 1. The molecule has 82 valence electrons. The van der Waals surface area contributed by atoms with Gasteiger partial charge in [0.15, 0.2) is 0 Å². The first-order chi connectivity index (χ1) is 6.71. The average molecular weight is 196 g/mol. The first-order valence-corrected chi connectivity index (χ1v) is 6.43. The van der Waals surface area contributed by atoms with Crippen molar-refractivity contribution in [2.45, 2.75) is 70.3 Å². The Bertz CT molecular complexity index is 174. The number of hydrogen-bond donors (Lipinski definition) is 1. The van der Waals surface area contributed by atoms with Crippen molar-refractivity contribution in [3.05, 3.63) is 0 Å². The average Bonchev–Trinajstić information content (AvgIpc) is 2.19. The van der Waals surface area contributed by atoms with E-state index in [2.05, 4.69) is 6.92 Å². The molecular formula is C13H24O. The molecule has 1 nitrogen and oxygen atoms in total. The highest BCUT2D eigenvalue weighted by molar-refractivity contribution is 4.91. The molecule has 0 unspecified atom stereocenters. The third-order valence-electron chi connectivity index (χ3n) is 4.50. The minimum Gasteiger partial charge on any atom is -0.390 e. The standard InChI is InChI=1S/C13H24O/c1-11-5-7-12(8-6-11)13(14)9-3-2-4-10-13/h11-12,14H,2-10H2,1H3. The van der Waals surface area contributed by atoms with Crippen LogP contribution < -0.4 is 0 Å². The van der Waals surface area contributed by atoms with E-state index in [4.69, 9.17) is 0 Å². The summed E-state index contributed by atoms with van der Waals surface area (Å²) in [5, 5.41) is 10.6. The van der Waals surface area contributed by atoms with E-state index in [1.165, 1.54) is 44.9 Å². The van der Waals surface area contributed by atoms with Crippen molar-refractivity contribution in [3.63, 3.8) is 0 Å². The molecule has 2 fully saturated rings. The smallest absolute Gasteiger partial charge is 0.0675 e. The molecule has 0 aromatic rings. The van der Waals surface area contributed by atoms with E-state index in [1.54, 1.807) is 0 Å². The largest absolute Gasteiger partial charge is 0.390 e. The Morgan fingerprint density at radius 2 is 1.50 bits per heavy atom. The minimum atomic E-state index is -0.265. The van der Waals surface area contributed by atoms with Gasteiger partial charge in [-0.2, -0.15) is 0 Å². The molecule has 2 saturated carbocycles. The maximum absolute atomic E-state index is 10.6. The van der Waals surface area contributed by atoms with Gasteiger partial charge in [0.2, 0.25) is 0 Å². The van der Waals surface area contributed by atoms with Gasteiger partial charge in [0, 0.05) is 0 Å². The zero-order valence-electron chi connectivity index (χ0n) is 9.47. The molecule has 0 aromatic heterocycles. The van der Waals surface area contributed by atoms with Crippen LogP contribution in [0.5, 0.6) is 0 Å². The van der Waals surface area contributed by atoms with Crippen LogP contribution in [-0.2, 0) is 0 Å². The highest BCUT2D eigenvalue weighted by Gasteiger charge is 2.38. The van der Waals surface area contributed by atoms with Crippen LogP contribution in [0.2, 0.25) is 0 Å². The van der Waals surface area contributed by atoms with Gasteiger partial charge >= 0.3 is 0 Å². The minimum absolute atomic E-state index is 0.265. The Balaban J connectivity index is 1.92. The summed E-state index contributed by atoms with van der Waals surface area (Å²) in [7, 11) is 0. The van der Waals surface area contributed by atoms with E-state index < -0.39 is 0 Å². The summed E-state index contributed by atoms with van der Waals surface area (Å²) in [5.41, 5.74) is -0.265. The molecule has 2 rings (SSSR count). The van der Waals surface area contributed by atoms with E-state index in [-0.39, 0.29) is 5.60 Å². The molecule has 2 aliphatic carbocycles. The molecule has 0 heterocycles. The Hall–Kier alpha value is -0.0400. The van der Waals surface area contributed by atoms with Crippen molar-refractivity contribution in [1.29, 1.82) is 0 Å². The van der Waals surface area contributed by atoms with Crippen molar-refractivity contribution in [1.82, 2.24) is 0 Å². The maximum atomic E-state index is 10.6. The molecule has 2 aliphatic rings. The molecule has 14 heavy (non-hydrogen) atoms. The van der Waals surface area contributed by atoms with E-state index in [0.29, 0.717) is 5.92 Å². The summed E-state index contributed by atoms with van der Waals surface area (Å²) < 4.78 is 0. The fourth-order valence-corrected chi connectivity index (χ4v) is 3.37. The van der Waals surface area contributed by atoms with Gasteiger partial charge in [-0.15, -0.1) is 0 Å². The first-order valence-electron chi connectivity index (χ1n) is 6.43. The van der Waals surface area contributed by atoms with Gasteiger partial charge in [-0.1, -0.05) is 39.0 Å². The zero-order valence-corrected chi connectivity index (χ0v) is 9.47. The van der Waals surface area contributed by atoms with Crippen LogP contribution in [0.4, 0.5) is 0 Å². The second-order valence-electron chi connectivity index (χ2n) is 5.62. The van der Waals surface area contributed by atoms with Crippen molar-refractivity contribution < 1.29 is 5.11 Å². The SMILES string of the molecule is CC1CCC(C2(O)CCCCC2)CC1. The summed E-state index contributed by atoms with van der Waals surface area (Å²) in [6.45, 7) is 2.35. The van der Waals surface area contributed by atoms with E-state index in [9.17, 15) is 5.11 Å². The van der Waals surface area contributed by atoms with E-state index in [1.807, 2.05) is 0 Å². The molecule has 0 aliphatic heterocycles.